The Balaban J connectivity index is 2.75. The Hall–Kier alpha value is -2.41. The molecule has 2 rings (SSSR count). The van der Waals surface area contributed by atoms with E-state index in [4.69, 9.17) is 4.74 Å². The highest BCUT2D eigenvalue weighted by molar-refractivity contribution is 5.71. The van der Waals surface area contributed by atoms with Crippen molar-refractivity contribution in [3.05, 3.63) is 58.9 Å². The van der Waals surface area contributed by atoms with Crippen LogP contribution in [0.2, 0.25) is 0 Å². The second kappa shape index (κ2) is 8.31. The summed E-state index contributed by atoms with van der Waals surface area (Å²) in [5.41, 5.74) is -0.721. The summed E-state index contributed by atoms with van der Waals surface area (Å²) < 4.78 is 59.9. The van der Waals surface area contributed by atoms with E-state index in [1.54, 1.807) is 37.3 Å². The van der Waals surface area contributed by atoms with Crippen LogP contribution in [-0.2, 0) is 28.9 Å². The van der Waals surface area contributed by atoms with Crippen LogP contribution in [0.4, 0.5) is 17.6 Å². The van der Waals surface area contributed by atoms with Gasteiger partial charge in [0.25, 0.3) is 0 Å². The molecule has 0 aliphatic carbocycles. The van der Waals surface area contributed by atoms with E-state index >= 15 is 0 Å². The number of carbonyl (C=O) groups excluding carboxylic acids is 1. The maximum atomic E-state index is 14.7. The van der Waals surface area contributed by atoms with Gasteiger partial charge in [-0.15, -0.1) is 0 Å². The molecule has 0 radical (unpaired) electrons. The van der Waals surface area contributed by atoms with Crippen LogP contribution in [0, 0.1) is 5.82 Å². The van der Waals surface area contributed by atoms with Crippen molar-refractivity contribution >= 4 is 5.97 Å². The highest BCUT2D eigenvalue weighted by Gasteiger charge is 2.36. The largest absolute Gasteiger partial charge is 0.461 e. The zero-order valence-corrected chi connectivity index (χ0v) is 14.4. The Labute approximate surface area is 149 Å². The van der Waals surface area contributed by atoms with Crippen LogP contribution in [0.25, 0.3) is 11.1 Å². The summed E-state index contributed by atoms with van der Waals surface area (Å²) in [5, 5.41) is 2.93. The average molecular weight is 369 g/mol. The number of nitrogens with one attached hydrogen (secondary N) is 1. The van der Waals surface area contributed by atoms with Crippen molar-refractivity contribution in [1.29, 1.82) is 0 Å². The summed E-state index contributed by atoms with van der Waals surface area (Å²) >= 11 is 0. The maximum absolute atomic E-state index is 14.7. The number of halogens is 4. The number of alkyl halides is 3. The summed E-state index contributed by atoms with van der Waals surface area (Å²) in [6.45, 7) is 2.82. The van der Waals surface area contributed by atoms with Crippen molar-refractivity contribution in [3.63, 3.8) is 0 Å². The molecular weight excluding hydrogens is 350 g/mol. The van der Waals surface area contributed by atoms with Gasteiger partial charge in [-0.3, -0.25) is 4.79 Å². The van der Waals surface area contributed by atoms with Crippen LogP contribution in [0.3, 0.4) is 0 Å². The molecule has 3 nitrogen and oxygen atoms in total. The molecule has 0 amide bonds. The zero-order valence-electron chi connectivity index (χ0n) is 14.4. The molecule has 0 unspecified atom stereocenters. The third-order valence-corrected chi connectivity index (χ3v) is 3.84. The van der Waals surface area contributed by atoms with E-state index in [0.29, 0.717) is 18.2 Å². The number of hydrogen-bond donors (Lipinski definition) is 1. The lowest BCUT2D eigenvalue weighted by Gasteiger charge is -2.21. The minimum absolute atomic E-state index is 0.0121. The smallest absolute Gasteiger partial charge is 0.416 e. The highest BCUT2D eigenvalue weighted by Crippen LogP contribution is 2.39. The normalized spacial score (nSPS) is 11.5. The monoisotopic (exact) mass is 369 g/mol. The van der Waals surface area contributed by atoms with E-state index in [1.165, 1.54) is 0 Å². The lowest BCUT2D eigenvalue weighted by molar-refractivity contribution is -0.145. The fourth-order valence-corrected chi connectivity index (χ4v) is 2.70. The molecule has 0 bridgehead atoms. The fraction of sp³-hybridized carbons (Fsp3) is 0.316. The van der Waals surface area contributed by atoms with Crippen molar-refractivity contribution in [1.82, 2.24) is 5.32 Å². The van der Waals surface area contributed by atoms with Crippen LogP contribution >= 0.6 is 0 Å². The molecule has 0 aromatic heterocycles. The van der Waals surface area contributed by atoms with Gasteiger partial charge in [-0.05, 0) is 23.7 Å². The molecule has 2 aromatic carbocycles. The fourth-order valence-electron chi connectivity index (χ4n) is 2.70. The summed E-state index contributed by atoms with van der Waals surface area (Å²) in [6, 6.07) is 8.80. The zero-order chi connectivity index (χ0) is 19.3. The van der Waals surface area contributed by atoms with Crippen LogP contribution in [0.5, 0.6) is 0 Å². The van der Waals surface area contributed by atoms with Crippen molar-refractivity contribution < 1.29 is 27.1 Å². The lowest BCUT2D eigenvalue weighted by Crippen LogP contribution is -2.20. The Morgan fingerprint density at radius 1 is 1.15 bits per heavy atom. The predicted octanol–water partition coefficient (Wildman–Crippen LogP) is 4.68. The van der Waals surface area contributed by atoms with E-state index in [1.807, 2.05) is 0 Å². The number of esters is 1. The van der Waals surface area contributed by atoms with E-state index in [-0.39, 0.29) is 23.2 Å². The van der Waals surface area contributed by atoms with E-state index in [0.717, 1.165) is 6.92 Å². The molecule has 0 heterocycles. The number of carbonyl (C=O) groups is 1. The summed E-state index contributed by atoms with van der Waals surface area (Å²) in [6.07, 6.45) is -4.77. The molecule has 1 N–H and O–H groups in total. The first-order valence-corrected chi connectivity index (χ1v) is 8.06. The Morgan fingerprint density at radius 2 is 1.81 bits per heavy atom. The van der Waals surface area contributed by atoms with Crippen LogP contribution in [0.15, 0.2) is 36.4 Å². The van der Waals surface area contributed by atoms with Gasteiger partial charge in [-0.25, -0.2) is 4.39 Å². The summed E-state index contributed by atoms with van der Waals surface area (Å²) in [5.74, 6) is -1.68. The second-order valence-corrected chi connectivity index (χ2v) is 5.66. The molecule has 140 valence electrons. The summed E-state index contributed by atoms with van der Waals surface area (Å²) in [7, 11) is 0. The van der Waals surface area contributed by atoms with Gasteiger partial charge in [0.05, 0.1) is 5.56 Å². The number of ether oxygens (including phenoxy) is 1. The van der Waals surface area contributed by atoms with Gasteiger partial charge in [0.15, 0.2) is 0 Å². The van der Waals surface area contributed by atoms with E-state index < -0.39 is 30.1 Å². The van der Waals surface area contributed by atoms with Crippen molar-refractivity contribution in [2.45, 2.75) is 33.2 Å². The van der Waals surface area contributed by atoms with E-state index in [2.05, 4.69) is 5.32 Å². The third-order valence-electron chi connectivity index (χ3n) is 3.84. The lowest BCUT2D eigenvalue weighted by atomic mass is 9.91. The maximum Gasteiger partial charge on any atom is 0.416 e. The molecular formula is C19H19F4NO2. The van der Waals surface area contributed by atoms with Crippen molar-refractivity contribution in [2.75, 3.05) is 6.54 Å². The van der Waals surface area contributed by atoms with E-state index in [9.17, 15) is 22.4 Å². The molecule has 26 heavy (non-hydrogen) atoms. The van der Waals surface area contributed by atoms with Gasteiger partial charge in [0, 0.05) is 24.6 Å². The third kappa shape index (κ3) is 4.60. The molecule has 0 saturated heterocycles. The molecule has 7 heteroatoms. The van der Waals surface area contributed by atoms with Gasteiger partial charge < -0.3 is 10.1 Å². The first-order chi connectivity index (χ1) is 12.3. The van der Waals surface area contributed by atoms with Crippen LogP contribution < -0.4 is 5.32 Å². The number of hydrogen-bond acceptors (Lipinski definition) is 3. The van der Waals surface area contributed by atoms with Crippen molar-refractivity contribution in [3.8, 4) is 11.1 Å². The molecule has 0 fully saturated rings. The molecule has 0 aliphatic rings. The molecule has 2 aromatic rings. The Bertz CT molecular complexity index is 773. The van der Waals surface area contributed by atoms with Gasteiger partial charge in [-0.1, -0.05) is 37.3 Å². The van der Waals surface area contributed by atoms with Gasteiger partial charge in [-0.2, -0.15) is 13.2 Å². The van der Waals surface area contributed by atoms with Crippen LogP contribution in [0.1, 0.15) is 30.5 Å². The molecule has 0 atom stereocenters. The standard InChI is InChI=1S/C19H19F4NO2/c1-3-24-10-14-15(11-26-12(2)25)16(19(21,22)23)9-17(20)18(14)13-7-5-4-6-8-13/h4-9,24H,3,10-11H2,1-2H3. The topological polar surface area (TPSA) is 38.3 Å². The molecule has 0 spiro atoms. The summed E-state index contributed by atoms with van der Waals surface area (Å²) in [4.78, 5) is 11.1. The van der Waals surface area contributed by atoms with Crippen molar-refractivity contribution in [2.24, 2.45) is 0 Å². The number of benzene rings is 2. The second-order valence-electron chi connectivity index (χ2n) is 5.66. The minimum Gasteiger partial charge on any atom is -0.461 e. The average Bonchev–Trinajstić information content (AvgIpc) is 2.58. The quantitative estimate of drug-likeness (QED) is 0.593. The van der Waals surface area contributed by atoms with Crippen LogP contribution in [-0.4, -0.2) is 12.5 Å². The molecule has 0 saturated carbocycles. The van der Waals surface area contributed by atoms with Gasteiger partial charge in [0.2, 0.25) is 0 Å². The number of rotatable bonds is 6. The SMILES string of the molecule is CCNCc1c(COC(C)=O)c(C(F)(F)F)cc(F)c1-c1ccccc1. The highest BCUT2D eigenvalue weighted by atomic mass is 19.4. The Morgan fingerprint density at radius 3 is 2.35 bits per heavy atom. The first-order valence-electron chi connectivity index (χ1n) is 8.06. The predicted molar refractivity (Wildman–Crippen MR) is 89.7 cm³/mol. The Kier molecular flexibility index (Phi) is 6.37. The van der Waals surface area contributed by atoms with Gasteiger partial charge >= 0.3 is 12.1 Å². The first kappa shape index (κ1) is 19.9. The van der Waals surface area contributed by atoms with Gasteiger partial charge in [0.1, 0.15) is 12.4 Å². The minimum atomic E-state index is -4.77. The molecule has 0 aliphatic heterocycles.